The fraction of sp³-hybridized carbons (Fsp3) is 0.321. The van der Waals surface area contributed by atoms with Crippen LogP contribution >= 0.6 is 0 Å². The molecule has 0 radical (unpaired) electrons. The van der Waals surface area contributed by atoms with Crippen molar-refractivity contribution in [1.29, 1.82) is 0 Å². The monoisotopic (exact) mass is 456 g/mol. The Kier molecular flexibility index (Phi) is 5.65. The minimum atomic E-state index is -3.02. The molecule has 5 rings (SSSR count). The Balaban J connectivity index is 1.65. The van der Waals surface area contributed by atoms with E-state index in [1.165, 1.54) is 32.5 Å². The Morgan fingerprint density at radius 3 is 1.60 bits per heavy atom. The summed E-state index contributed by atoms with van der Waals surface area (Å²) in [6.45, 7) is 0. The maximum atomic E-state index is 13.5. The van der Waals surface area contributed by atoms with Gasteiger partial charge < -0.3 is 0 Å². The fourth-order valence-corrected chi connectivity index (χ4v) is 16.9. The topological polar surface area (TPSA) is 17.1 Å². The predicted octanol–water partition coefficient (Wildman–Crippen LogP) is 4.55. The number of fused-ring (bicyclic) bond motifs is 1. The number of hydrogen-bond acceptors (Lipinski definition) is 1. The first kappa shape index (κ1) is 19.8. The molecular formula is C28H30GeO. The number of ketones is 1. The summed E-state index contributed by atoms with van der Waals surface area (Å²) in [6.07, 6.45) is 6.05. The number of benzene rings is 3. The number of carbonyl (C=O) groups excluding carboxylic acids is 1. The van der Waals surface area contributed by atoms with Crippen LogP contribution in [0.1, 0.15) is 32.1 Å². The van der Waals surface area contributed by atoms with Crippen LogP contribution in [0.15, 0.2) is 91.0 Å². The third kappa shape index (κ3) is 3.47. The van der Waals surface area contributed by atoms with Gasteiger partial charge in [-0.1, -0.05) is 0 Å². The molecule has 0 saturated heterocycles. The van der Waals surface area contributed by atoms with Gasteiger partial charge in [-0.15, -0.1) is 0 Å². The van der Waals surface area contributed by atoms with Crippen molar-refractivity contribution in [2.24, 2.45) is 17.8 Å². The van der Waals surface area contributed by atoms with Crippen molar-refractivity contribution in [2.75, 3.05) is 0 Å². The first-order valence-corrected chi connectivity index (χ1v) is 16.1. The summed E-state index contributed by atoms with van der Waals surface area (Å²) in [5.41, 5.74) is 0. The van der Waals surface area contributed by atoms with Gasteiger partial charge in [-0.25, -0.2) is 0 Å². The molecule has 2 saturated carbocycles. The van der Waals surface area contributed by atoms with Crippen molar-refractivity contribution in [1.82, 2.24) is 0 Å². The van der Waals surface area contributed by atoms with E-state index in [0.29, 0.717) is 17.6 Å². The molecule has 2 aliphatic rings. The Hall–Kier alpha value is -2.13. The van der Waals surface area contributed by atoms with Gasteiger partial charge in [0.2, 0.25) is 0 Å². The molecule has 2 fully saturated rings. The normalized spacial score (nSPS) is 23.9. The molecule has 0 N–H and O–H groups in total. The van der Waals surface area contributed by atoms with Gasteiger partial charge in [0, 0.05) is 0 Å². The molecule has 3 aromatic carbocycles. The average Bonchev–Trinajstić information content (AvgIpc) is 3.14. The quantitative estimate of drug-likeness (QED) is 0.517. The van der Waals surface area contributed by atoms with E-state index in [-0.39, 0.29) is 5.92 Å². The zero-order valence-electron chi connectivity index (χ0n) is 17.5. The molecule has 0 bridgehead atoms. The maximum absolute atomic E-state index is 13.5. The Morgan fingerprint density at radius 1 is 0.667 bits per heavy atom. The van der Waals surface area contributed by atoms with Crippen LogP contribution in [0.3, 0.4) is 0 Å². The summed E-state index contributed by atoms with van der Waals surface area (Å²) in [5, 5.41) is 1.05. The molecule has 1 nitrogen and oxygen atoms in total. The molecule has 30 heavy (non-hydrogen) atoms. The van der Waals surface area contributed by atoms with Crippen LogP contribution in [0, 0.1) is 17.8 Å². The van der Waals surface area contributed by atoms with Gasteiger partial charge in [0.1, 0.15) is 0 Å². The van der Waals surface area contributed by atoms with Crippen LogP contribution in [-0.4, -0.2) is 19.0 Å². The fourth-order valence-electron chi connectivity index (χ4n) is 6.22. The molecule has 3 atom stereocenters. The number of Topliss-reactive ketones (excluding diaryl/α,β-unsaturated/α-hetero) is 1. The predicted molar refractivity (Wildman–Crippen MR) is 127 cm³/mol. The molecule has 0 heterocycles. The molecular weight excluding hydrogens is 425 g/mol. The van der Waals surface area contributed by atoms with Crippen LogP contribution in [0.2, 0.25) is 5.25 Å². The van der Waals surface area contributed by atoms with Crippen LogP contribution in [0.5, 0.6) is 0 Å². The van der Waals surface area contributed by atoms with Crippen molar-refractivity contribution in [2.45, 2.75) is 37.4 Å². The van der Waals surface area contributed by atoms with Gasteiger partial charge in [0.25, 0.3) is 0 Å². The van der Waals surface area contributed by atoms with E-state index in [9.17, 15) is 4.79 Å². The van der Waals surface area contributed by atoms with Gasteiger partial charge >= 0.3 is 183 Å². The van der Waals surface area contributed by atoms with Crippen molar-refractivity contribution in [3.05, 3.63) is 91.0 Å². The second kappa shape index (κ2) is 8.55. The van der Waals surface area contributed by atoms with Crippen LogP contribution in [0.25, 0.3) is 0 Å². The van der Waals surface area contributed by atoms with E-state index >= 15 is 0 Å². The third-order valence-electron chi connectivity index (χ3n) is 7.62. The molecule has 0 amide bonds. The zero-order valence-corrected chi connectivity index (χ0v) is 19.6. The van der Waals surface area contributed by atoms with Crippen molar-refractivity contribution in [3.63, 3.8) is 0 Å². The second-order valence-electron chi connectivity index (χ2n) is 9.19. The Labute approximate surface area is 182 Å². The van der Waals surface area contributed by atoms with Crippen molar-refractivity contribution in [3.8, 4) is 0 Å². The van der Waals surface area contributed by atoms with Gasteiger partial charge in [-0.3, -0.25) is 0 Å². The summed E-state index contributed by atoms with van der Waals surface area (Å²) in [6, 6.07) is 33.4. The molecule has 0 spiro atoms. The first-order valence-electron chi connectivity index (χ1n) is 11.5. The zero-order chi connectivity index (χ0) is 20.4. The number of rotatable bonds is 5. The average molecular weight is 455 g/mol. The standard InChI is InChI=1S/C28H30GeO/c30-28-23(20-22-12-10-11-19-27(22)28)21-29(24-13-4-1-5-14-24,25-15-6-2-7-16-25)26-17-8-3-9-18-26/h1-9,13-18,22-23,27H,10-12,19-21H2/t22-,23?,27+/m1/s1. The second-order valence-corrected chi connectivity index (χ2v) is 17.5. The number of hydrogen-bond donors (Lipinski definition) is 0. The minimum absolute atomic E-state index is 0.221. The van der Waals surface area contributed by atoms with E-state index in [4.69, 9.17) is 0 Å². The van der Waals surface area contributed by atoms with E-state index in [1.54, 1.807) is 0 Å². The van der Waals surface area contributed by atoms with Crippen LogP contribution in [0.4, 0.5) is 0 Å². The van der Waals surface area contributed by atoms with E-state index in [2.05, 4.69) is 91.0 Å². The Morgan fingerprint density at radius 2 is 1.13 bits per heavy atom. The van der Waals surface area contributed by atoms with Crippen LogP contribution < -0.4 is 13.2 Å². The van der Waals surface area contributed by atoms with Gasteiger partial charge in [0.15, 0.2) is 0 Å². The summed E-state index contributed by atoms with van der Waals surface area (Å²) in [5.74, 6) is 1.78. The van der Waals surface area contributed by atoms with E-state index < -0.39 is 13.3 Å². The van der Waals surface area contributed by atoms with Crippen LogP contribution in [-0.2, 0) is 4.79 Å². The van der Waals surface area contributed by atoms with Crippen molar-refractivity contribution >= 4 is 32.2 Å². The van der Waals surface area contributed by atoms with Gasteiger partial charge in [-0.2, -0.15) is 0 Å². The molecule has 2 heteroatoms. The molecule has 3 aromatic rings. The first-order chi connectivity index (χ1) is 14.8. The van der Waals surface area contributed by atoms with Gasteiger partial charge in [-0.05, 0) is 0 Å². The Bertz CT molecular complexity index is 886. The molecule has 1 unspecified atom stereocenters. The van der Waals surface area contributed by atoms with E-state index in [0.717, 1.165) is 18.1 Å². The summed E-state index contributed by atoms with van der Waals surface area (Å²) >= 11 is -3.02. The number of carbonyl (C=O) groups is 1. The summed E-state index contributed by atoms with van der Waals surface area (Å²) < 4.78 is 4.41. The SMILES string of the molecule is O=C1C([CH2][Ge]([c]2ccccc2)([c]2ccccc2)[c]2ccccc2)C[C@H]2CCCC[C@H]12. The molecule has 152 valence electrons. The molecule has 2 aliphatic carbocycles. The molecule has 0 aromatic heterocycles. The van der Waals surface area contributed by atoms with E-state index in [1.807, 2.05) is 0 Å². The molecule has 0 aliphatic heterocycles. The summed E-state index contributed by atoms with van der Waals surface area (Å²) in [7, 11) is 0. The summed E-state index contributed by atoms with van der Waals surface area (Å²) in [4.78, 5) is 13.5. The van der Waals surface area contributed by atoms with Gasteiger partial charge in [0.05, 0.1) is 0 Å². The van der Waals surface area contributed by atoms with Crippen molar-refractivity contribution < 1.29 is 4.79 Å². The third-order valence-corrected chi connectivity index (χ3v) is 18.2.